The lowest BCUT2D eigenvalue weighted by Crippen LogP contribution is -2.46. The van der Waals surface area contributed by atoms with Gasteiger partial charge in [-0.1, -0.05) is 71.7 Å². The molecule has 4 nitrogen and oxygen atoms in total. The molecule has 1 N–H and O–H groups in total. The third kappa shape index (κ3) is 3.30. The van der Waals surface area contributed by atoms with Gasteiger partial charge in [0.15, 0.2) is 0 Å². The molecule has 3 rings (SSSR count). The Kier molecular flexibility index (Phi) is 4.88. The number of hydrogen-bond donors (Lipinski definition) is 1. The highest BCUT2D eigenvalue weighted by atomic mass is 35.5. The number of carbonyl (C=O) groups is 2. The minimum Gasteiger partial charge on any atom is -0.327 e. The molecule has 0 aromatic heterocycles. The highest BCUT2D eigenvalue weighted by molar-refractivity contribution is 6.49. The van der Waals surface area contributed by atoms with Gasteiger partial charge in [-0.2, -0.15) is 0 Å². The molecule has 24 heavy (non-hydrogen) atoms. The van der Waals surface area contributed by atoms with Crippen molar-refractivity contribution in [3.63, 3.8) is 0 Å². The molecule has 1 aliphatic rings. The van der Waals surface area contributed by atoms with E-state index in [1.54, 1.807) is 24.3 Å². The quantitative estimate of drug-likeness (QED) is 0.907. The van der Waals surface area contributed by atoms with Gasteiger partial charge in [-0.15, -0.1) is 0 Å². The highest BCUT2D eigenvalue weighted by Crippen LogP contribution is 2.31. The lowest BCUT2D eigenvalue weighted by atomic mass is 10.2. The third-order valence-electron chi connectivity index (χ3n) is 3.71. The SMILES string of the molecule is O=C(N[C@@H]1C(Cl)=C(Cl)C(=O)N1Cc1ccccc1)c1ccccc1. The van der Waals surface area contributed by atoms with Crippen molar-refractivity contribution < 1.29 is 9.59 Å². The molecule has 0 saturated carbocycles. The van der Waals surface area contributed by atoms with E-state index in [1.807, 2.05) is 36.4 Å². The molecular weight excluding hydrogens is 347 g/mol. The van der Waals surface area contributed by atoms with Gasteiger partial charge in [-0.3, -0.25) is 9.59 Å². The van der Waals surface area contributed by atoms with Gasteiger partial charge in [0.1, 0.15) is 11.2 Å². The Balaban J connectivity index is 1.82. The molecule has 1 aliphatic heterocycles. The van der Waals surface area contributed by atoms with Gasteiger partial charge in [0.2, 0.25) is 0 Å². The molecule has 0 radical (unpaired) electrons. The minimum atomic E-state index is -0.778. The lowest BCUT2D eigenvalue weighted by molar-refractivity contribution is -0.127. The molecule has 0 unspecified atom stereocenters. The molecule has 122 valence electrons. The number of carbonyl (C=O) groups excluding carboxylic acids is 2. The van der Waals surface area contributed by atoms with E-state index in [0.29, 0.717) is 12.1 Å². The zero-order chi connectivity index (χ0) is 17.1. The topological polar surface area (TPSA) is 49.4 Å². The Morgan fingerprint density at radius 2 is 1.58 bits per heavy atom. The van der Waals surface area contributed by atoms with Crippen molar-refractivity contribution in [2.75, 3.05) is 0 Å². The highest BCUT2D eigenvalue weighted by Gasteiger charge is 2.38. The van der Waals surface area contributed by atoms with E-state index in [0.717, 1.165) is 5.56 Å². The monoisotopic (exact) mass is 360 g/mol. The van der Waals surface area contributed by atoms with E-state index < -0.39 is 12.1 Å². The Labute approximate surface area is 149 Å². The maximum absolute atomic E-state index is 12.4. The fraction of sp³-hybridized carbons (Fsp3) is 0.111. The van der Waals surface area contributed by atoms with Crippen molar-refractivity contribution in [2.24, 2.45) is 0 Å². The van der Waals surface area contributed by atoms with E-state index >= 15 is 0 Å². The van der Waals surface area contributed by atoms with E-state index in [4.69, 9.17) is 23.2 Å². The van der Waals surface area contributed by atoms with E-state index in [-0.39, 0.29) is 16.0 Å². The molecular formula is C18H14Cl2N2O2. The van der Waals surface area contributed by atoms with Crippen LogP contribution < -0.4 is 5.32 Å². The summed E-state index contributed by atoms with van der Waals surface area (Å²) in [6, 6.07) is 18.2. The number of nitrogens with zero attached hydrogens (tertiary/aromatic N) is 1. The number of rotatable bonds is 4. The average molecular weight is 361 g/mol. The zero-order valence-electron chi connectivity index (χ0n) is 12.6. The Bertz CT molecular complexity index is 791. The predicted molar refractivity (Wildman–Crippen MR) is 93.4 cm³/mol. The van der Waals surface area contributed by atoms with Crippen LogP contribution in [0.15, 0.2) is 70.7 Å². The number of benzene rings is 2. The number of hydrogen-bond acceptors (Lipinski definition) is 2. The van der Waals surface area contributed by atoms with Crippen LogP contribution in [0.1, 0.15) is 15.9 Å². The van der Waals surface area contributed by atoms with Gasteiger partial charge >= 0.3 is 0 Å². The summed E-state index contributed by atoms with van der Waals surface area (Å²) >= 11 is 12.2. The third-order valence-corrected chi connectivity index (χ3v) is 4.57. The second-order valence-corrected chi connectivity index (χ2v) is 6.11. The molecule has 1 heterocycles. The summed E-state index contributed by atoms with van der Waals surface area (Å²) in [5.41, 5.74) is 1.40. The van der Waals surface area contributed by atoms with Crippen LogP contribution in [-0.2, 0) is 11.3 Å². The summed E-state index contributed by atoms with van der Waals surface area (Å²) in [5, 5.41) is 2.83. The summed E-state index contributed by atoms with van der Waals surface area (Å²) in [5.74, 6) is -0.722. The van der Waals surface area contributed by atoms with Crippen LogP contribution >= 0.6 is 23.2 Å². The van der Waals surface area contributed by atoms with Crippen LogP contribution in [0.3, 0.4) is 0 Å². The fourth-order valence-corrected chi connectivity index (χ4v) is 2.95. The van der Waals surface area contributed by atoms with Crippen LogP contribution in [0.4, 0.5) is 0 Å². The van der Waals surface area contributed by atoms with E-state index in [2.05, 4.69) is 5.32 Å². The second kappa shape index (κ2) is 7.07. The van der Waals surface area contributed by atoms with Crippen molar-refractivity contribution >= 4 is 35.0 Å². The van der Waals surface area contributed by atoms with Crippen molar-refractivity contribution in [1.29, 1.82) is 0 Å². The predicted octanol–water partition coefficient (Wildman–Crippen LogP) is 3.47. The van der Waals surface area contributed by atoms with Gasteiger partial charge in [-0.25, -0.2) is 0 Å². The van der Waals surface area contributed by atoms with Crippen molar-refractivity contribution in [1.82, 2.24) is 10.2 Å². The molecule has 2 amide bonds. The molecule has 0 saturated heterocycles. The molecule has 0 aliphatic carbocycles. The summed E-state index contributed by atoms with van der Waals surface area (Å²) in [6.07, 6.45) is -0.778. The lowest BCUT2D eigenvalue weighted by Gasteiger charge is -2.26. The molecule has 0 fully saturated rings. The van der Waals surface area contributed by atoms with E-state index in [1.165, 1.54) is 4.90 Å². The first-order valence-corrected chi connectivity index (χ1v) is 8.09. The first kappa shape index (κ1) is 16.6. The molecule has 2 aromatic carbocycles. The minimum absolute atomic E-state index is 0.0639. The maximum atomic E-state index is 12.4. The maximum Gasteiger partial charge on any atom is 0.268 e. The Morgan fingerprint density at radius 1 is 1.00 bits per heavy atom. The average Bonchev–Trinajstić information content (AvgIpc) is 2.81. The Hall–Kier alpha value is -2.30. The normalized spacial score (nSPS) is 17.3. The molecule has 0 spiro atoms. The van der Waals surface area contributed by atoms with Gasteiger partial charge < -0.3 is 10.2 Å². The summed E-state index contributed by atoms with van der Waals surface area (Å²) in [7, 11) is 0. The number of amides is 2. The molecule has 0 bridgehead atoms. The molecule has 1 atom stereocenters. The van der Waals surface area contributed by atoms with Gasteiger partial charge in [0.05, 0.1) is 5.03 Å². The fourth-order valence-electron chi connectivity index (χ4n) is 2.48. The second-order valence-electron chi connectivity index (χ2n) is 5.32. The van der Waals surface area contributed by atoms with Crippen molar-refractivity contribution in [2.45, 2.75) is 12.7 Å². The van der Waals surface area contributed by atoms with Crippen LogP contribution in [-0.4, -0.2) is 22.9 Å². The van der Waals surface area contributed by atoms with Crippen LogP contribution in [0.25, 0.3) is 0 Å². The first-order chi connectivity index (χ1) is 11.6. The van der Waals surface area contributed by atoms with Crippen LogP contribution in [0, 0.1) is 0 Å². The largest absolute Gasteiger partial charge is 0.327 e. The molecule has 6 heteroatoms. The van der Waals surface area contributed by atoms with Crippen LogP contribution in [0.2, 0.25) is 0 Å². The van der Waals surface area contributed by atoms with Gasteiger partial charge in [0, 0.05) is 12.1 Å². The Morgan fingerprint density at radius 3 is 2.21 bits per heavy atom. The van der Waals surface area contributed by atoms with Crippen molar-refractivity contribution in [3.05, 3.63) is 81.9 Å². The molecule has 2 aromatic rings. The summed E-state index contributed by atoms with van der Waals surface area (Å²) in [6.45, 7) is 0.297. The van der Waals surface area contributed by atoms with Crippen molar-refractivity contribution in [3.8, 4) is 0 Å². The smallest absolute Gasteiger partial charge is 0.268 e. The van der Waals surface area contributed by atoms with Crippen LogP contribution in [0.5, 0.6) is 0 Å². The van der Waals surface area contributed by atoms with E-state index in [9.17, 15) is 9.59 Å². The first-order valence-electron chi connectivity index (χ1n) is 7.34. The zero-order valence-corrected chi connectivity index (χ0v) is 14.1. The number of nitrogens with one attached hydrogen (secondary N) is 1. The summed E-state index contributed by atoms with van der Waals surface area (Å²) < 4.78 is 0. The number of halogens is 2. The van der Waals surface area contributed by atoms with Gasteiger partial charge in [0.25, 0.3) is 11.8 Å². The van der Waals surface area contributed by atoms with Gasteiger partial charge in [-0.05, 0) is 17.7 Å². The standard InChI is InChI=1S/C18H14Cl2N2O2/c19-14-15(20)18(24)22(11-12-7-3-1-4-8-12)16(14)21-17(23)13-9-5-2-6-10-13/h1-10,16H,11H2,(H,21,23)/t16-/m0/s1. The summed E-state index contributed by atoms with van der Waals surface area (Å²) in [4.78, 5) is 26.2.